The van der Waals surface area contributed by atoms with Gasteiger partial charge in [0.1, 0.15) is 11.3 Å². The number of nitrogens with one attached hydrogen (secondary N) is 1. The zero-order chi connectivity index (χ0) is 21.1. The molecule has 1 fully saturated rings. The Hall–Kier alpha value is -2.60. The topological polar surface area (TPSA) is 59.8 Å². The molecule has 0 unspecified atom stereocenters. The SMILES string of the molecule is CCOC(=O)c1c(NC2CCCCC2)c(C(=O)c2ccc(Br)cc2)n2ccccc12. The molecule has 6 heteroatoms. The zero-order valence-corrected chi connectivity index (χ0v) is 18.6. The van der Waals surface area contributed by atoms with Crippen molar-refractivity contribution in [2.45, 2.75) is 45.1 Å². The van der Waals surface area contributed by atoms with E-state index in [9.17, 15) is 9.59 Å². The number of benzene rings is 1. The van der Waals surface area contributed by atoms with Crippen LogP contribution >= 0.6 is 15.9 Å². The van der Waals surface area contributed by atoms with Gasteiger partial charge in [-0.2, -0.15) is 0 Å². The third-order valence-electron chi connectivity index (χ3n) is 5.60. The molecule has 5 nitrogen and oxygen atoms in total. The number of pyridine rings is 1. The van der Waals surface area contributed by atoms with Gasteiger partial charge in [0.15, 0.2) is 0 Å². The van der Waals surface area contributed by atoms with Crippen molar-refractivity contribution in [2.24, 2.45) is 0 Å². The van der Waals surface area contributed by atoms with Crippen molar-refractivity contribution < 1.29 is 14.3 Å². The first kappa shape index (κ1) is 20.7. The minimum absolute atomic E-state index is 0.127. The summed E-state index contributed by atoms with van der Waals surface area (Å²) < 4.78 is 8.09. The number of nitrogens with zero attached hydrogens (tertiary/aromatic N) is 1. The highest BCUT2D eigenvalue weighted by molar-refractivity contribution is 9.10. The highest BCUT2D eigenvalue weighted by atomic mass is 79.9. The van der Waals surface area contributed by atoms with Crippen LogP contribution in [-0.2, 0) is 4.74 Å². The lowest BCUT2D eigenvalue weighted by atomic mass is 9.95. The number of aromatic nitrogens is 1. The smallest absolute Gasteiger partial charge is 0.342 e. The molecule has 2 heterocycles. The van der Waals surface area contributed by atoms with Crippen LogP contribution in [0.4, 0.5) is 5.69 Å². The summed E-state index contributed by atoms with van der Waals surface area (Å²) in [6.07, 6.45) is 7.41. The molecule has 4 rings (SSSR count). The van der Waals surface area contributed by atoms with Gasteiger partial charge in [-0.25, -0.2) is 4.79 Å². The second-order valence-electron chi connectivity index (χ2n) is 7.59. The molecule has 3 aromatic rings. The Labute approximate surface area is 184 Å². The van der Waals surface area contributed by atoms with Crippen LogP contribution in [0.15, 0.2) is 53.1 Å². The number of ketones is 1. The van der Waals surface area contributed by atoms with Crippen molar-refractivity contribution in [1.82, 2.24) is 4.40 Å². The first-order valence-corrected chi connectivity index (χ1v) is 11.3. The maximum Gasteiger partial charge on any atom is 0.342 e. The van der Waals surface area contributed by atoms with E-state index in [0.29, 0.717) is 28.0 Å². The standard InChI is InChI=1S/C24H25BrN2O3/c1-2-30-24(29)20-19-10-6-7-15-27(19)22(21(20)26-18-8-4-3-5-9-18)23(28)16-11-13-17(25)14-12-16/h6-7,10-15,18,26H,2-5,8-9H2,1H3. The Kier molecular flexibility index (Phi) is 6.23. The molecule has 0 radical (unpaired) electrons. The third kappa shape index (κ3) is 4.01. The fourth-order valence-electron chi connectivity index (χ4n) is 4.17. The van der Waals surface area contributed by atoms with E-state index < -0.39 is 5.97 Å². The molecule has 0 spiro atoms. The molecule has 0 atom stereocenters. The van der Waals surface area contributed by atoms with Gasteiger partial charge in [0, 0.05) is 22.3 Å². The molecule has 2 aromatic heterocycles. The summed E-state index contributed by atoms with van der Waals surface area (Å²) in [5.41, 5.74) is 2.74. The van der Waals surface area contributed by atoms with E-state index in [1.165, 1.54) is 6.42 Å². The molecule has 0 bridgehead atoms. The van der Waals surface area contributed by atoms with Crippen molar-refractivity contribution in [3.8, 4) is 0 Å². The summed E-state index contributed by atoms with van der Waals surface area (Å²) >= 11 is 3.42. The number of hydrogen-bond donors (Lipinski definition) is 1. The van der Waals surface area contributed by atoms with Crippen LogP contribution in [0, 0.1) is 0 Å². The molecule has 1 aliphatic carbocycles. The highest BCUT2D eigenvalue weighted by Crippen LogP contribution is 2.34. The summed E-state index contributed by atoms with van der Waals surface area (Å²) in [5.74, 6) is -0.535. The van der Waals surface area contributed by atoms with Crippen LogP contribution in [0.1, 0.15) is 65.4 Å². The lowest BCUT2D eigenvalue weighted by molar-refractivity contribution is 0.0529. The molecule has 1 aromatic carbocycles. The normalized spacial score (nSPS) is 14.6. The number of fused-ring (bicyclic) bond motifs is 1. The summed E-state index contributed by atoms with van der Waals surface area (Å²) in [5, 5.41) is 3.56. The minimum Gasteiger partial charge on any atom is -0.462 e. The Bertz CT molecular complexity index is 1070. The van der Waals surface area contributed by atoms with Crippen molar-refractivity contribution in [1.29, 1.82) is 0 Å². The number of esters is 1. The van der Waals surface area contributed by atoms with Gasteiger partial charge < -0.3 is 14.5 Å². The van der Waals surface area contributed by atoms with Gasteiger partial charge >= 0.3 is 5.97 Å². The molecular weight excluding hydrogens is 444 g/mol. The Morgan fingerprint density at radius 2 is 1.83 bits per heavy atom. The lowest BCUT2D eigenvalue weighted by Crippen LogP contribution is -2.24. The number of hydrogen-bond acceptors (Lipinski definition) is 4. The molecule has 156 valence electrons. The Morgan fingerprint density at radius 1 is 1.10 bits per heavy atom. The second kappa shape index (κ2) is 9.04. The fourth-order valence-corrected chi connectivity index (χ4v) is 4.44. The first-order valence-electron chi connectivity index (χ1n) is 10.5. The van der Waals surface area contributed by atoms with Crippen molar-refractivity contribution in [3.05, 3.63) is 70.0 Å². The Morgan fingerprint density at radius 3 is 2.53 bits per heavy atom. The summed E-state index contributed by atoms with van der Waals surface area (Å²) in [7, 11) is 0. The molecule has 0 amide bonds. The van der Waals surface area contributed by atoms with Crippen LogP contribution < -0.4 is 5.32 Å². The number of ether oxygens (including phenoxy) is 1. The van der Waals surface area contributed by atoms with E-state index in [0.717, 1.165) is 30.2 Å². The van der Waals surface area contributed by atoms with Crippen molar-refractivity contribution in [3.63, 3.8) is 0 Å². The minimum atomic E-state index is -0.408. The maximum atomic E-state index is 13.6. The predicted molar refractivity (Wildman–Crippen MR) is 121 cm³/mol. The van der Waals surface area contributed by atoms with Crippen LogP contribution in [0.5, 0.6) is 0 Å². The van der Waals surface area contributed by atoms with Gasteiger partial charge in [-0.1, -0.05) is 41.3 Å². The van der Waals surface area contributed by atoms with Crippen molar-refractivity contribution in [2.75, 3.05) is 11.9 Å². The van der Waals surface area contributed by atoms with Gasteiger partial charge in [-0.05, 0) is 56.2 Å². The van der Waals surface area contributed by atoms with Crippen LogP contribution in [0.3, 0.4) is 0 Å². The van der Waals surface area contributed by atoms with E-state index in [-0.39, 0.29) is 18.4 Å². The van der Waals surface area contributed by atoms with E-state index in [1.807, 2.05) is 40.9 Å². The Balaban J connectivity index is 1.90. The van der Waals surface area contributed by atoms with E-state index in [2.05, 4.69) is 21.2 Å². The van der Waals surface area contributed by atoms with E-state index in [1.54, 1.807) is 19.1 Å². The maximum absolute atomic E-state index is 13.6. The molecule has 0 aliphatic heterocycles. The van der Waals surface area contributed by atoms with Crippen LogP contribution in [0.25, 0.3) is 5.52 Å². The summed E-state index contributed by atoms with van der Waals surface area (Å²) in [4.78, 5) is 26.5. The third-order valence-corrected chi connectivity index (χ3v) is 6.13. The largest absolute Gasteiger partial charge is 0.462 e. The number of carbonyl (C=O) groups excluding carboxylic acids is 2. The van der Waals surface area contributed by atoms with Crippen LogP contribution in [0.2, 0.25) is 0 Å². The average molecular weight is 469 g/mol. The summed E-state index contributed by atoms with van der Waals surface area (Å²) in [6, 6.07) is 13.1. The molecule has 1 saturated carbocycles. The monoisotopic (exact) mass is 468 g/mol. The average Bonchev–Trinajstić information content (AvgIpc) is 3.08. The second-order valence-corrected chi connectivity index (χ2v) is 8.51. The van der Waals surface area contributed by atoms with Gasteiger partial charge in [0.25, 0.3) is 0 Å². The molecular formula is C24H25BrN2O3. The number of rotatable bonds is 6. The van der Waals surface area contributed by atoms with Gasteiger partial charge in [-0.15, -0.1) is 0 Å². The first-order chi connectivity index (χ1) is 14.6. The zero-order valence-electron chi connectivity index (χ0n) is 17.0. The molecule has 1 N–H and O–H groups in total. The lowest BCUT2D eigenvalue weighted by Gasteiger charge is -2.24. The number of halogens is 1. The van der Waals surface area contributed by atoms with Crippen LogP contribution in [-0.4, -0.2) is 28.8 Å². The predicted octanol–water partition coefficient (Wildman–Crippen LogP) is 5.85. The number of carbonyl (C=O) groups is 2. The van der Waals surface area contributed by atoms with Gasteiger partial charge in [0.05, 0.1) is 17.8 Å². The van der Waals surface area contributed by atoms with Crippen molar-refractivity contribution >= 4 is 38.9 Å². The highest BCUT2D eigenvalue weighted by Gasteiger charge is 2.30. The number of anilines is 1. The molecule has 30 heavy (non-hydrogen) atoms. The van der Waals surface area contributed by atoms with Gasteiger partial charge in [0.2, 0.25) is 5.78 Å². The quantitative estimate of drug-likeness (QED) is 0.363. The molecule has 0 saturated heterocycles. The van der Waals surface area contributed by atoms with E-state index in [4.69, 9.17) is 4.74 Å². The molecule has 1 aliphatic rings. The van der Waals surface area contributed by atoms with Gasteiger partial charge in [-0.3, -0.25) is 4.79 Å². The van der Waals surface area contributed by atoms with E-state index >= 15 is 0 Å². The summed E-state index contributed by atoms with van der Waals surface area (Å²) in [6.45, 7) is 2.07. The fraction of sp³-hybridized carbons (Fsp3) is 0.333.